The summed E-state index contributed by atoms with van der Waals surface area (Å²) in [6.45, 7) is 0. The van der Waals surface area contributed by atoms with E-state index in [9.17, 15) is 0 Å². The number of nitrogens with zero attached hydrogens (tertiary/aromatic N) is 3. The second kappa shape index (κ2) is 14.0. The fourth-order valence-corrected chi connectivity index (χ4v) is 11.9. The first-order valence-electron chi connectivity index (χ1n) is 20.8. The highest BCUT2D eigenvalue weighted by molar-refractivity contribution is 7.26. The normalized spacial score (nSPS) is 11.9. The molecule has 0 saturated heterocycles. The second-order valence-electron chi connectivity index (χ2n) is 15.8. The molecule has 0 aliphatic rings. The molecule has 0 saturated carbocycles. The van der Waals surface area contributed by atoms with Crippen LogP contribution in [0.1, 0.15) is 0 Å². The Morgan fingerprint density at radius 2 is 0.806 bits per heavy atom. The van der Waals surface area contributed by atoms with Crippen LogP contribution in [0.3, 0.4) is 0 Å². The molecular formula is C57H33N3S2. The zero-order valence-electron chi connectivity index (χ0n) is 33.2. The van der Waals surface area contributed by atoms with Crippen molar-refractivity contribution >= 4 is 95.3 Å². The number of thiophene rings is 2. The van der Waals surface area contributed by atoms with E-state index >= 15 is 0 Å². The van der Waals surface area contributed by atoms with E-state index in [1.54, 1.807) is 22.7 Å². The summed E-state index contributed by atoms with van der Waals surface area (Å²) in [5.74, 6) is 1.98. The van der Waals surface area contributed by atoms with Gasteiger partial charge in [-0.25, -0.2) is 15.0 Å². The van der Waals surface area contributed by atoms with Gasteiger partial charge in [0.2, 0.25) is 0 Å². The van der Waals surface area contributed by atoms with Gasteiger partial charge in [-0.15, -0.1) is 22.7 Å². The summed E-state index contributed by atoms with van der Waals surface area (Å²) in [6, 6.07) is 72.1. The largest absolute Gasteiger partial charge is 0.208 e. The Balaban J connectivity index is 1.12. The molecule has 0 aliphatic carbocycles. The average molecular weight is 824 g/mol. The molecule has 10 aromatic carbocycles. The molecule has 3 heterocycles. The first kappa shape index (κ1) is 35.2. The van der Waals surface area contributed by atoms with Gasteiger partial charge in [0.1, 0.15) is 0 Å². The molecule has 13 rings (SSSR count). The fraction of sp³-hybridized carbons (Fsp3) is 0. The molecule has 288 valence electrons. The molecule has 0 amide bonds. The quantitative estimate of drug-likeness (QED) is 0.162. The van der Waals surface area contributed by atoms with Crippen molar-refractivity contribution in [3.8, 4) is 56.4 Å². The molecule has 5 heteroatoms. The van der Waals surface area contributed by atoms with E-state index in [4.69, 9.17) is 15.0 Å². The SMILES string of the molecule is c1ccc(-c2ccc3cc(-c4ccc5ccccc5c4-c4nc(-c5cccc6c5sc5ccccc56)nc(-c5cccc6c5sc5ccccc56)n4)c4ccccc4c3c2)cc1. The number of fused-ring (bicyclic) bond motifs is 10. The lowest BCUT2D eigenvalue weighted by atomic mass is 9.88. The predicted molar refractivity (Wildman–Crippen MR) is 265 cm³/mol. The van der Waals surface area contributed by atoms with Crippen molar-refractivity contribution in [3.63, 3.8) is 0 Å². The van der Waals surface area contributed by atoms with Crippen molar-refractivity contribution in [3.05, 3.63) is 200 Å². The van der Waals surface area contributed by atoms with Gasteiger partial charge in [-0.2, -0.15) is 0 Å². The maximum atomic E-state index is 5.55. The summed E-state index contributed by atoms with van der Waals surface area (Å²) in [5.41, 5.74) is 7.63. The summed E-state index contributed by atoms with van der Waals surface area (Å²) in [6.07, 6.45) is 0. The Morgan fingerprint density at radius 1 is 0.274 bits per heavy atom. The zero-order chi connectivity index (χ0) is 40.7. The Hall–Kier alpha value is -7.57. The standard InChI is InChI=1S/C57H33N3S2/c1-2-14-34(15-3-1)36-28-29-37-33-49(40-19-7-6-18-39(40)48(37)32-36)43-31-30-35-16-4-5-17-38(35)52(43)57-59-55(46-24-12-22-44-41-20-8-10-26-50(41)61-53(44)46)58-56(60-57)47-25-13-23-45-42-21-9-11-27-51(42)62-54(45)47/h1-33H. The highest BCUT2D eigenvalue weighted by Gasteiger charge is 2.23. The molecule has 3 nitrogen and oxygen atoms in total. The smallest absolute Gasteiger partial charge is 0.165 e. The lowest BCUT2D eigenvalue weighted by Crippen LogP contribution is -2.02. The summed E-state index contributed by atoms with van der Waals surface area (Å²) in [5, 5.41) is 11.9. The lowest BCUT2D eigenvalue weighted by Gasteiger charge is -2.18. The van der Waals surface area contributed by atoms with Gasteiger partial charge in [0.15, 0.2) is 17.5 Å². The lowest BCUT2D eigenvalue weighted by molar-refractivity contribution is 1.08. The molecular weight excluding hydrogens is 791 g/mol. The van der Waals surface area contributed by atoms with Crippen LogP contribution < -0.4 is 0 Å². The van der Waals surface area contributed by atoms with Crippen molar-refractivity contribution in [1.29, 1.82) is 0 Å². The topological polar surface area (TPSA) is 38.7 Å². The molecule has 0 unspecified atom stereocenters. The second-order valence-corrected chi connectivity index (χ2v) is 18.0. The predicted octanol–water partition coefficient (Wildman–Crippen LogP) is 16.4. The van der Waals surface area contributed by atoms with Crippen LogP contribution >= 0.6 is 22.7 Å². The van der Waals surface area contributed by atoms with E-state index in [1.165, 1.54) is 73.0 Å². The Kier molecular flexibility index (Phi) is 7.95. The van der Waals surface area contributed by atoms with E-state index in [2.05, 4.69) is 200 Å². The third kappa shape index (κ3) is 5.53. The third-order valence-corrected chi connectivity index (χ3v) is 14.8. The monoisotopic (exact) mass is 823 g/mol. The van der Waals surface area contributed by atoms with Gasteiger partial charge in [-0.3, -0.25) is 0 Å². The maximum absolute atomic E-state index is 5.55. The van der Waals surface area contributed by atoms with Gasteiger partial charge >= 0.3 is 0 Å². The number of rotatable bonds is 5. The van der Waals surface area contributed by atoms with E-state index in [1.807, 2.05) is 0 Å². The summed E-state index contributed by atoms with van der Waals surface area (Å²) >= 11 is 3.60. The Bertz CT molecular complexity index is 3810. The van der Waals surface area contributed by atoms with Gasteiger partial charge in [-0.1, -0.05) is 164 Å². The first-order chi connectivity index (χ1) is 30.7. The minimum atomic E-state index is 0.650. The third-order valence-electron chi connectivity index (χ3n) is 12.3. The van der Waals surface area contributed by atoms with E-state index in [-0.39, 0.29) is 0 Å². The van der Waals surface area contributed by atoms with Gasteiger partial charge in [0.25, 0.3) is 0 Å². The summed E-state index contributed by atoms with van der Waals surface area (Å²) in [4.78, 5) is 16.5. The molecule has 0 aliphatic heterocycles. The average Bonchev–Trinajstić information content (AvgIpc) is 3.92. The minimum absolute atomic E-state index is 0.650. The van der Waals surface area contributed by atoms with Crippen LogP contribution in [0.4, 0.5) is 0 Å². The molecule has 0 bridgehead atoms. The number of benzene rings is 10. The van der Waals surface area contributed by atoms with Gasteiger partial charge in [-0.05, 0) is 91.0 Å². The van der Waals surface area contributed by atoms with Crippen molar-refractivity contribution in [1.82, 2.24) is 15.0 Å². The van der Waals surface area contributed by atoms with E-state index < -0.39 is 0 Å². The highest BCUT2D eigenvalue weighted by Crippen LogP contribution is 2.46. The van der Waals surface area contributed by atoms with Crippen LogP contribution in [0.2, 0.25) is 0 Å². The van der Waals surface area contributed by atoms with E-state index in [0.717, 1.165) is 38.6 Å². The zero-order valence-corrected chi connectivity index (χ0v) is 34.8. The number of aromatic nitrogens is 3. The highest BCUT2D eigenvalue weighted by atomic mass is 32.1. The molecule has 0 fully saturated rings. The van der Waals surface area contributed by atoms with Crippen LogP contribution in [0.15, 0.2) is 200 Å². The Labute approximate surface area is 364 Å². The molecule has 0 spiro atoms. The van der Waals surface area contributed by atoms with E-state index in [0.29, 0.717) is 17.5 Å². The summed E-state index contributed by atoms with van der Waals surface area (Å²) < 4.78 is 4.83. The van der Waals surface area contributed by atoms with Gasteiger partial charge in [0.05, 0.1) is 0 Å². The molecule has 0 radical (unpaired) electrons. The van der Waals surface area contributed by atoms with Gasteiger partial charge < -0.3 is 0 Å². The van der Waals surface area contributed by atoms with Crippen molar-refractivity contribution in [2.45, 2.75) is 0 Å². The molecule has 13 aromatic rings. The Morgan fingerprint density at radius 3 is 1.48 bits per heavy atom. The van der Waals surface area contributed by atoms with Crippen LogP contribution in [-0.4, -0.2) is 15.0 Å². The van der Waals surface area contributed by atoms with Crippen molar-refractivity contribution < 1.29 is 0 Å². The molecule has 0 N–H and O–H groups in total. The van der Waals surface area contributed by atoms with Gasteiger partial charge in [0, 0.05) is 57.0 Å². The summed E-state index contributed by atoms with van der Waals surface area (Å²) in [7, 11) is 0. The maximum Gasteiger partial charge on any atom is 0.165 e. The first-order valence-corrected chi connectivity index (χ1v) is 22.5. The van der Waals surface area contributed by atoms with Crippen LogP contribution in [-0.2, 0) is 0 Å². The van der Waals surface area contributed by atoms with Crippen LogP contribution in [0.25, 0.3) is 129 Å². The number of hydrogen-bond donors (Lipinski definition) is 0. The fourth-order valence-electron chi connectivity index (χ4n) is 9.45. The number of hydrogen-bond acceptors (Lipinski definition) is 5. The molecule has 0 atom stereocenters. The van der Waals surface area contributed by atoms with Crippen molar-refractivity contribution in [2.24, 2.45) is 0 Å². The van der Waals surface area contributed by atoms with Crippen molar-refractivity contribution in [2.75, 3.05) is 0 Å². The molecule has 62 heavy (non-hydrogen) atoms. The van der Waals surface area contributed by atoms with Crippen LogP contribution in [0.5, 0.6) is 0 Å². The van der Waals surface area contributed by atoms with Crippen LogP contribution in [0, 0.1) is 0 Å². The molecule has 3 aromatic heterocycles. The minimum Gasteiger partial charge on any atom is -0.208 e.